The Hall–Kier alpha value is -6.83. The Morgan fingerprint density at radius 2 is 0.939 bits per heavy atom. The van der Waals surface area contributed by atoms with Crippen LogP contribution in [-0.2, 0) is 35.1 Å². The summed E-state index contributed by atoms with van der Waals surface area (Å²) in [5.41, 5.74) is 1.26. The van der Waals surface area contributed by atoms with E-state index in [1.807, 2.05) is 24.3 Å². The number of hydrogen-bond donors (Lipinski definition) is 0. The molecule has 1 aromatic heterocycles. The second-order valence-corrected chi connectivity index (χ2v) is 15.1. The topological polar surface area (TPSA) is 172 Å². The Labute approximate surface area is 387 Å². The number of carbonyl (C=O) groups excluding carboxylic acids is 5. The molecule has 1 heterocycles. The quantitative estimate of drug-likeness (QED) is 0.0142. The first-order valence-electron chi connectivity index (χ1n) is 22.7. The zero-order valence-electron chi connectivity index (χ0n) is 37.7. The van der Waals surface area contributed by atoms with Gasteiger partial charge in [-0.15, -0.1) is 0 Å². The first-order chi connectivity index (χ1) is 32.2. The van der Waals surface area contributed by atoms with Crippen LogP contribution in [0.3, 0.4) is 0 Å². The number of hydrogen-bond acceptors (Lipinski definition) is 14. The molecule has 354 valence electrons. The molecule has 14 nitrogen and oxygen atoms in total. The van der Waals surface area contributed by atoms with Gasteiger partial charge in [-0.3, -0.25) is 0 Å². The van der Waals surface area contributed by atoms with E-state index in [1.165, 1.54) is 12.3 Å². The van der Waals surface area contributed by atoms with Gasteiger partial charge < -0.3 is 42.3 Å². The van der Waals surface area contributed by atoms with Gasteiger partial charge >= 0.3 is 29.8 Å². The van der Waals surface area contributed by atoms with E-state index in [0.717, 1.165) is 107 Å². The smallest absolute Gasteiger partial charge is 0.374 e. The van der Waals surface area contributed by atoms with Crippen LogP contribution in [0, 0.1) is 0 Å². The molecule has 0 radical (unpaired) electrons. The number of furan rings is 1. The minimum Gasteiger partial charge on any atom is -0.494 e. The third-order valence-electron chi connectivity index (χ3n) is 9.95. The molecule has 0 N–H and O–H groups in total. The van der Waals surface area contributed by atoms with Crippen LogP contribution in [0.15, 0.2) is 115 Å². The molecule has 0 bridgehead atoms. The van der Waals surface area contributed by atoms with Crippen molar-refractivity contribution in [2.75, 3.05) is 39.6 Å². The summed E-state index contributed by atoms with van der Waals surface area (Å²) >= 11 is 0. The summed E-state index contributed by atoms with van der Waals surface area (Å²) < 4.78 is 49.4. The Bertz CT molecular complexity index is 2070. The number of carbonyl (C=O) groups is 5. The van der Waals surface area contributed by atoms with Crippen LogP contribution < -0.4 is 18.9 Å². The van der Waals surface area contributed by atoms with Crippen molar-refractivity contribution in [3.8, 4) is 23.0 Å². The summed E-state index contributed by atoms with van der Waals surface area (Å²) in [5.74, 6) is -0.597. The van der Waals surface area contributed by atoms with E-state index in [4.69, 9.17) is 42.3 Å². The first-order valence-corrected chi connectivity index (χ1v) is 22.7. The van der Waals surface area contributed by atoms with Crippen LogP contribution in [0.4, 0.5) is 0 Å². The number of rotatable bonds is 34. The van der Waals surface area contributed by atoms with Crippen molar-refractivity contribution in [3.63, 3.8) is 0 Å². The highest BCUT2D eigenvalue weighted by molar-refractivity contribution is 5.94. The van der Waals surface area contributed by atoms with Gasteiger partial charge in [0.05, 0.1) is 51.5 Å². The van der Waals surface area contributed by atoms with E-state index in [0.29, 0.717) is 50.8 Å². The number of esters is 5. The maximum atomic E-state index is 13.5. The maximum Gasteiger partial charge on any atom is 0.374 e. The van der Waals surface area contributed by atoms with Crippen molar-refractivity contribution in [2.24, 2.45) is 0 Å². The molecule has 4 rings (SSSR count). The highest BCUT2D eigenvalue weighted by atomic mass is 16.6. The maximum absolute atomic E-state index is 13.5. The van der Waals surface area contributed by atoms with Crippen LogP contribution in [0.2, 0.25) is 0 Å². The van der Waals surface area contributed by atoms with E-state index in [2.05, 4.69) is 13.2 Å². The Morgan fingerprint density at radius 1 is 0.470 bits per heavy atom. The lowest BCUT2D eigenvalue weighted by Crippen LogP contribution is -2.12. The lowest BCUT2D eigenvalue weighted by Gasteiger charge is -2.14. The second kappa shape index (κ2) is 31.1. The summed E-state index contributed by atoms with van der Waals surface area (Å²) in [6, 6.07) is 21.9. The van der Waals surface area contributed by atoms with Gasteiger partial charge in [0.1, 0.15) is 35.2 Å². The third kappa shape index (κ3) is 20.8. The van der Waals surface area contributed by atoms with Gasteiger partial charge in [0, 0.05) is 12.2 Å². The monoisotopic (exact) mass is 910 g/mol. The highest BCUT2D eigenvalue weighted by Gasteiger charge is 2.19. The van der Waals surface area contributed by atoms with E-state index in [-0.39, 0.29) is 36.0 Å². The molecule has 0 aliphatic heterocycles. The second-order valence-electron chi connectivity index (χ2n) is 15.1. The molecule has 0 saturated heterocycles. The summed E-state index contributed by atoms with van der Waals surface area (Å²) in [7, 11) is 0. The predicted octanol–water partition coefficient (Wildman–Crippen LogP) is 10.8. The zero-order valence-corrected chi connectivity index (χ0v) is 37.7. The lowest BCUT2D eigenvalue weighted by atomic mass is 10.1. The number of benzene rings is 3. The highest BCUT2D eigenvalue weighted by Crippen LogP contribution is 2.28. The van der Waals surface area contributed by atoms with Crippen molar-refractivity contribution in [2.45, 2.75) is 96.5 Å². The van der Waals surface area contributed by atoms with E-state index in [1.54, 1.807) is 48.5 Å². The van der Waals surface area contributed by atoms with E-state index >= 15 is 0 Å². The van der Waals surface area contributed by atoms with Crippen LogP contribution in [0.1, 0.15) is 127 Å². The molecule has 4 aromatic rings. The fourth-order valence-electron chi connectivity index (χ4n) is 6.30. The molecule has 0 fully saturated rings. The molecular weight excluding hydrogens is 849 g/mol. The fraction of sp³-hybridized carbons (Fsp3) is 0.404. The van der Waals surface area contributed by atoms with Gasteiger partial charge in [-0.1, -0.05) is 51.0 Å². The van der Waals surface area contributed by atoms with Crippen LogP contribution in [0.5, 0.6) is 23.0 Å². The SMILES string of the molecule is C=CC(=O)OCCCCCCOc1ccc(COc2ccc(OC(=O)c3ccc(OCCCCCCOC(=O)C=C)cc3)cc2C(=O)OCCCCCCCCOC(=O)c2ccco2)cc1. The molecule has 66 heavy (non-hydrogen) atoms. The minimum absolute atomic E-state index is 0.116. The summed E-state index contributed by atoms with van der Waals surface area (Å²) in [4.78, 5) is 60.8. The Morgan fingerprint density at radius 3 is 1.45 bits per heavy atom. The fourth-order valence-corrected chi connectivity index (χ4v) is 6.30. The van der Waals surface area contributed by atoms with E-state index in [9.17, 15) is 24.0 Å². The molecule has 0 aliphatic carbocycles. The molecule has 0 atom stereocenters. The number of unbranched alkanes of at least 4 members (excludes halogenated alkanes) is 11. The summed E-state index contributed by atoms with van der Waals surface area (Å²) in [6.07, 6.45) is 15.7. The molecule has 0 amide bonds. The minimum atomic E-state index is -0.615. The zero-order chi connectivity index (χ0) is 47.0. The molecule has 0 saturated carbocycles. The van der Waals surface area contributed by atoms with Gasteiger partial charge in [-0.2, -0.15) is 0 Å². The summed E-state index contributed by atoms with van der Waals surface area (Å²) in [6.45, 7) is 9.22. The van der Waals surface area contributed by atoms with Gasteiger partial charge in [-0.05, 0) is 137 Å². The molecular formula is C52H62O14. The summed E-state index contributed by atoms with van der Waals surface area (Å²) in [5, 5.41) is 0. The van der Waals surface area contributed by atoms with Gasteiger partial charge in [0.2, 0.25) is 5.76 Å². The van der Waals surface area contributed by atoms with Gasteiger partial charge in [-0.25, -0.2) is 24.0 Å². The van der Waals surface area contributed by atoms with Crippen molar-refractivity contribution < 1.29 is 66.3 Å². The molecule has 0 aliphatic rings. The van der Waals surface area contributed by atoms with E-state index < -0.39 is 29.8 Å². The molecule has 0 unspecified atom stereocenters. The largest absolute Gasteiger partial charge is 0.494 e. The van der Waals surface area contributed by atoms with Crippen molar-refractivity contribution in [1.82, 2.24) is 0 Å². The van der Waals surface area contributed by atoms with Crippen molar-refractivity contribution >= 4 is 29.8 Å². The van der Waals surface area contributed by atoms with Gasteiger partial charge in [0.15, 0.2) is 0 Å². The van der Waals surface area contributed by atoms with Crippen molar-refractivity contribution in [1.29, 1.82) is 0 Å². The van der Waals surface area contributed by atoms with Crippen molar-refractivity contribution in [3.05, 3.63) is 133 Å². The average molecular weight is 911 g/mol. The number of ether oxygens (including phenoxy) is 8. The lowest BCUT2D eigenvalue weighted by molar-refractivity contribution is -0.138. The predicted molar refractivity (Wildman–Crippen MR) is 246 cm³/mol. The standard InChI is InChI=1S/C52H62O14/c1-3-48(53)61-33-15-11-9-13-31-58-42-25-21-40(22-26-42)39-65-46-30-29-44(66-50(55)41-23-27-43(28-24-41)59-32-14-10-12-16-34-62-49(54)4-2)38-45(46)51(56)63-35-17-7-5-6-8-18-36-64-52(57)47-20-19-37-60-47/h3-4,19-30,37-38H,1-2,5-18,31-36,39H2. The molecule has 14 heteroatoms. The first kappa shape index (κ1) is 51.8. The van der Waals surface area contributed by atoms with Crippen LogP contribution >= 0.6 is 0 Å². The van der Waals surface area contributed by atoms with Crippen LogP contribution in [-0.4, -0.2) is 69.5 Å². The van der Waals surface area contributed by atoms with Crippen LogP contribution in [0.25, 0.3) is 0 Å². The third-order valence-corrected chi connectivity index (χ3v) is 9.95. The average Bonchev–Trinajstić information content (AvgIpc) is 3.89. The van der Waals surface area contributed by atoms with Gasteiger partial charge in [0.25, 0.3) is 0 Å². The Kier molecular flexibility index (Phi) is 24.4. The Balaban J connectivity index is 1.24. The molecule has 0 spiro atoms. The molecule has 3 aromatic carbocycles. The normalized spacial score (nSPS) is 10.6.